The maximum Gasteiger partial charge on any atom is 0.424 e. The van der Waals surface area contributed by atoms with E-state index in [1.165, 1.54) is 17.2 Å². The summed E-state index contributed by atoms with van der Waals surface area (Å²) in [5, 5.41) is 13.5. The molecule has 3 rings (SSSR count). The van der Waals surface area contributed by atoms with Gasteiger partial charge in [0.25, 0.3) is 0 Å². The number of alkyl halides is 3. The van der Waals surface area contributed by atoms with Gasteiger partial charge in [0.2, 0.25) is 11.5 Å². The molecule has 0 fully saturated rings. The van der Waals surface area contributed by atoms with E-state index in [0.29, 0.717) is 40.6 Å². The third kappa shape index (κ3) is 5.38. The van der Waals surface area contributed by atoms with Crippen molar-refractivity contribution >= 4 is 39.8 Å². The molecule has 8 nitrogen and oxygen atoms in total. The van der Waals surface area contributed by atoms with E-state index in [4.69, 9.17) is 4.74 Å². The fraction of sp³-hybridized carbons (Fsp3) is 0.579. The van der Waals surface area contributed by atoms with Crippen molar-refractivity contribution in [3.63, 3.8) is 0 Å². The third-order valence-corrected chi connectivity index (χ3v) is 6.60. The molecule has 13 heteroatoms. The first-order valence-electron chi connectivity index (χ1n) is 9.66. The van der Waals surface area contributed by atoms with E-state index >= 15 is 0 Å². The van der Waals surface area contributed by atoms with Gasteiger partial charge in [-0.1, -0.05) is 11.3 Å². The first-order valence-corrected chi connectivity index (χ1v) is 11.4. The molecule has 2 amide bonds. The number of aliphatic hydroxyl groups is 1. The predicted molar refractivity (Wildman–Crippen MR) is 113 cm³/mol. The number of amides is 2. The summed E-state index contributed by atoms with van der Waals surface area (Å²) in [5.74, 6) is -1.05. The molecule has 1 aliphatic rings. The van der Waals surface area contributed by atoms with Crippen LogP contribution in [0.1, 0.15) is 48.5 Å². The number of aromatic nitrogens is 2. The molecule has 0 bridgehead atoms. The number of thiazole rings is 2. The molecule has 1 aliphatic heterocycles. The number of aryl methyl sites for hydroxylation is 1. The van der Waals surface area contributed by atoms with E-state index in [0.717, 1.165) is 11.3 Å². The van der Waals surface area contributed by atoms with Crippen molar-refractivity contribution in [2.45, 2.75) is 64.5 Å². The van der Waals surface area contributed by atoms with Gasteiger partial charge in [-0.2, -0.15) is 13.2 Å². The van der Waals surface area contributed by atoms with Crippen molar-refractivity contribution in [3.8, 4) is 0 Å². The lowest BCUT2D eigenvalue weighted by molar-refractivity contribution is -0.266. The number of hydrogen-bond donors (Lipinski definition) is 2. The molecule has 0 radical (unpaired) electrons. The van der Waals surface area contributed by atoms with E-state index in [1.54, 1.807) is 20.8 Å². The monoisotopic (exact) mass is 492 g/mol. The van der Waals surface area contributed by atoms with Crippen LogP contribution >= 0.6 is 22.7 Å². The van der Waals surface area contributed by atoms with Crippen LogP contribution in [0.15, 0.2) is 5.38 Å². The van der Waals surface area contributed by atoms with Gasteiger partial charge in [-0.3, -0.25) is 4.79 Å². The SMILES string of the molecule is Cc1csc(C(O)(CC(=O)Nc2nc3c(s2)CN(C(=O)OC(C)(C)C)CC3)C(F)(F)F)n1. The molecule has 0 saturated heterocycles. The lowest BCUT2D eigenvalue weighted by Crippen LogP contribution is -2.45. The first kappa shape index (κ1) is 24.4. The first-order chi connectivity index (χ1) is 14.7. The Morgan fingerprint density at radius 2 is 1.97 bits per heavy atom. The van der Waals surface area contributed by atoms with Crippen LogP contribution in [0.2, 0.25) is 0 Å². The van der Waals surface area contributed by atoms with Gasteiger partial charge in [0, 0.05) is 28.9 Å². The second-order valence-electron chi connectivity index (χ2n) is 8.42. The summed E-state index contributed by atoms with van der Waals surface area (Å²) in [4.78, 5) is 34.8. The zero-order valence-electron chi connectivity index (χ0n) is 17.9. The highest BCUT2D eigenvalue weighted by Crippen LogP contribution is 2.43. The molecule has 1 atom stereocenters. The van der Waals surface area contributed by atoms with Gasteiger partial charge in [0.05, 0.1) is 18.7 Å². The number of nitrogens with one attached hydrogen (secondary N) is 1. The maximum absolute atomic E-state index is 13.6. The highest BCUT2D eigenvalue weighted by Gasteiger charge is 2.58. The number of anilines is 1. The second kappa shape index (κ2) is 8.60. The zero-order valence-corrected chi connectivity index (χ0v) is 19.5. The van der Waals surface area contributed by atoms with Gasteiger partial charge in [-0.05, 0) is 27.7 Å². The van der Waals surface area contributed by atoms with Crippen LogP contribution < -0.4 is 5.32 Å². The molecule has 1 unspecified atom stereocenters. The highest BCUT2D eigenvalue weighted by molar-refractivity contribution is 7.15. The molecule has 0 saturated carbocycles. The van der Waals surface area contributed by atoms with Gasteiger partial charge in [-0.25, -0.2) is 14.8 Å². The largest absolute Gasteiger partial charge is 0.444 e. The molecule has 2 aromatic rings. The van der Waals surface area contributed by atoms with Crippen LogP contribution in [0, 0.1) is 6.92 Å². The van der Waals surface area contributed by atoms with E-state index in [9.17, 15) is 27.9 Å². The summed E-state index contributed by atoms with van der Waals surface area (Å²) in [7, 11) is 0. The third-order valence-electron chi connectivity index (χ3n) is 4.49. The number of fused-ring (bicyclic) bond motifs is 1. The van der Waals surface area contributed by atoms with Crippen LogP contribution in [0.4, 0.5) is 23.1 Å². The quantitative estimate of drug-likeness (QED) is 0.669. The molecule has 3 heterocycles. The van der Waals surface area contributed by atoms with Crippen LogP contribution in [-0.4, -0.2) is 50.3 Å². The van der Waals surface area contributed by atoms with Gasteiger partial charge in [0.15, 0.2) is 5.13 Å². The number of halogens is 3. The fourth-order valence-corrected chi connectivity index (χ4v) is 4.92. The minimum atomic E-state index is -5.09. The van der Waals surface area contributed by atoms with Gasteiger partial charge < -0.3 is 20.1 Å². The van der Waals surface area contributed by atoms with Gasteiger partial charge >= 0.3 is 12.3 Å². The van der Waals surface area contributed by atoms with E-state index in [-0.39, 0.29) is 11.7 Å². The van der Waals surface area contributed by atoms with Gasteiger partial charge in [-0.15, -0.1) is 11.3 Å². The minimum Gasteiger partial charge on any atom is -0.444 e. The number of carbonyl (C=O) groups excluding carboxylic acids is 2. The van der Waals surface area contributed by atoms with Crippen molar-refractivity contribution in [2.24, 2.45) is 0 Å². The standard InChI is InChI=1S/C19H23F3N4O4S2/c1-10-9-31-14(23-10)18(29,19(20,21)22)7-13(27)25-15-24-11-5-6-26(8-12(11)32-15)16(28)30-17(2,3)4/h9,29H,5-8H2,1-4H3,(H,24,25,27). The fourth-order valence-electron chi connectivity index (χ4n) is 2.97. The average molecular weight is 493 g/mol. The summed E-state index contributed by atoms with van der Waals surface area (Å²) >= 11 is 1.70. The predicted octanol–water partition coefficient (Wildman–Crippen LogP) is 3.98. The van der Waals surface area contributed by atoms with Crippen LogP contribution in [0.5, 0.6) is 0 Å². The molecule has 0 aromatic carbocycles. The Kier molecular flexibility index (Phi) is 6.55. The molecular formula is C19H23F3N4O4S2. The lowest BCUT2D eigenvalue weighted by atomic mass is 9.99. The Labute approximate surface area is 190 Å². The van der Waals surface area contributed by atoms with Crippen LogP contribution in [0.25, 0.3) is 0 Å². The normalized spacial score (nSPS) is 16.3. The Balaban J connectivity index is 1.70. The number of ether oxygens (including phenoxy) is 1. The topological polar surface area (TPSA) is 105 Å². The Bertz CT molecular complexity index is 1020. The number of hydrogen-bond acceptors (Lipinski definition) is 8. The maximum atomic E-state index is 13.6. The second-order valence-corrected chi connectivity index (χ2v) is 10.4. The smallest absolute Gasteiger partial charge is 0.424 e. The Morgan fingerprint density at radius 3 is 2.53 bits per heavy atom. The van der Waals surface area contributed by atoms with Crippen molar-refractivity contribution in [2.75, 3.05) is 11.9 Å². The molecule has 2 N–H and O–H groups in total. The molecule has 32 heavy (non-hydrogen) atoms. The van der Waals surface area contributed by atoms with Crippen molar-refractivity contribution in [1.82, 2.24) is 14.9 Å². The Hall–Kier alpha value is -2.25. The molecule has 176 valence electrons. The number of carbonyl (C=O) groups is 2. The summed E-state index contributed by atoms with van der Waals surface area (Å²) in [6.07, 6.45) is -6.40. The highest BCUT2D eigenvalue weighted by atomic mass is 32.1. The Morgan fingerprint density at radius 1 is 1.28 bits per heavy atom. The zero-order chi connectivity index (χ0) is 23.9. The van der Waals surface area contributed by atoms with E-state index in [1.807, 2.05) is 0 Å². The molecular weight excluding hydrogens is 469 g/mol. The number of rotatable bonds is 4. The van der Waals surface area contributed by atoms with Crippen molar-refractivity contribution in [3.05, 3.63) is 26.7 Å². The molecule has 0 spiro atoms. The van der Waals surface area contributed by atoms with Gasteiger partial charge in [0.1, 0.15) is 10.6 Å². The van der Waals surface area contributed by atoms with Crippen LogP contribution in [-0.2, 0) is 28.1 Å². The summed E-state index contributed by atoms with van der Waals surface area (Å²) in [5.41, 5.74) is -3.07. The summed E-state index contributed by atoms with van der Waals surface area (Å²) in [6, 6.07) is 0. The number of nitrogens with zero attached hydrogens (tertiary/aromatic N) is 3. The lowest BCUT2D eigenvalue weighted by Gasteiger charge is -2.29. The minimum absolute atomic E-state index is 0.103. The van der Waals surface area contributed by atoms with E-state index in [2.05, 4.69) is 15.3 Å². The van der Waals surface area contributed by atoms with E-state index < -0.39 is 40.8 Å². The van der Waals surface area contributed by atoms with Crippen LogP contribution in [0.3, 0.4) is 0 Å². The molecule has 0 aliphatic carbocycles. The average Bonchev–Trinajstić information content (AvgIpc) is 3.24. The van der Waals surface area contributed by atoms with Crippen molar-refractivity contribution < 1.29 is 32.6 Å². The summed E-state index contributed by atoms with van der Waals surface area (Å²) < 4.78 is 46.1. The van der Waals surface area contributed by atoms with Crippen molar-refractivity contribution in [1.29, 1.82) is 0 Å². The summed E-state index contributed by atoms with van der Waals surface area (Å²) in [6.45, 7) is 7.37. The molecule has 2 aromatic heterocycles.